The number of anilines is 1. The minimum atomic E-state index is -0.538. The molecule has 0 bridgehead atoms. The Morgan fingerprint density at radius 1 is 1.22 bits per heavy atom. The molecule has 1 aliphatic rings. The molecule has 0 radical (unpaired) electrons. The molecule has 0 fully saturated rings. The minimum Gasteiger partial charge on any atom is -0.388 e. The van der Waals surface area contributed by atoms with Gasteiger partial charge in [-0.3, -0.25) is 9.69 Å². The summed E-state index contributed by atoms with van der Waals surface area (Å²) >= 11 is 0. The van der Waals surface area contributed by atoms with Crippen molar-refractivity contribution in [3.8, 4) is 0 Å². The summed E-state index contributed by atoms with van der Waals surface area (Å²) in [5.41, 5.74) is 2.67. The van der Waals surface area contributed by atoms with E-state index in [4.69, 9.17) is 9.47 Å². The number of nitrogens with one attached hydrogen (secondary N) is 1. The Kier molecular flexibility index (Phi) is 6.98. The number of aliphatic hydroxyl groups is 1. The monoisotopic (exact) mass is 322 g/mol. The molecule has 0 saturated heterocycles. The molecule has 1 aromatic carbocycles. The van der Waals surface area contributed by atoms with Crippen molar-refractivity contribution in [3.05, 3.63) is 29.3 Å². The predicted octanol–water partition coefficient (Wildman–Crippen LogP) is 1.20. The fourth-order valence-electron chi connectivity index (χ4n) is 2.70. The fraction of sp³-hybridized carbons (Fsp3) is 0.588. The van der Waals surface area contributed by atoms with Crippen molar-refractivity contribution in [2.24, 2.45) is 0 Å². The zero-order valence-corrected chi connectivity index (χ0v) is 13.9. The second kappa shape index (κ2) is 8.98. The molecule has 0 saturated carbocycles. The van der Waals surface area contributed by atoms with Crippen LogP contribution in [-0.2, 0) is 20.7 Å². The van der Waals surface area contributed by atoms with E-state index in [2.05, 4.69) is 10.2 Å². The smallest absolute Gasteiger partial charge is 0.228 e. The third-order valence-corrected chi connectivity index (χ3v) is 4.08. The Balaban J connectivity index is 1.88. The molecule has 2 N–H and O–H groups in total. The van der Waals surface area contributed by atoms with Crippen molar-refractivity contribution >= 4 is 11.6 Å². The van der Waals surface area contributed by atoms with Crippen molar-refractivity contribution < 1.29 is 19.4 Å². The summed E-state index contributed by atoms with van der Waals surface area (Å²) in [5, 5.41) is 13.2. The van der Waals surface area contributed by atoms with Crippen molar-refractivity contribution in [2.45, 2.75) is 18.9 Å². The summed E-state index contributed by atoms with van der Waals surface area (Å²) in [5.74, 6) is 0.0111. The number of carbonyl (C=O) groups is 1. The van der Waals surface area contributed by atoms with Gasteiger partial charge in [-0.05, 0) is 23.6 Å². The summed E-state index contributed by atoms with van der Waals surface area (Å²) in [4.78, 5) is 13.6. The molecular weight excluding hydrogens is 296 g/mol. The predicted molar refractivity (Wildman–Crippen MR) is 88.5 cm³/mol. The first kappa shape index (κ1) is 17.9. The Morgan fingerprint density at radius 2 is 1.91 bits per heavy atom. The van der Waals surface area contributed by atoms with E-state index in [0.29, 0.717) is 26.1 Å². The van der Waals surface area contributed by atoms with E-state index in [1.165, 1.54) is 0 Å². The van der Waals surface area contributed by atoms with Gasteiger partial charge in [0, 0.05) is 39.5 Å². The van der Waals surface area contributed by atoms with E-state index in [9.17, 15) is 9.90 Å². The van der Waals surface area contributed by atoms with Crippen LogP contribution in [0.15, 0.2) is 18.2 Å². The summed E-state index contributed by atoms with van der Waals surface area (Å²) in [6.07, 6.45) is 0.487. The first-order valence-electron chi connectivity index (χ1n) is 7.95. The third kappa shape index (κ3) is 5.28. The Labute approximate surface area is 137 Å². The highest BCUT2D eigenvalue weighted by Crippen LogP contribution is 2.27. The maximum absolute atomic E-state index is 11.4. The number of fused-ring (bicyclic) bond motifs is 1. The quantitative estimate of drug-likeness (QED) is 0.677. The van der Waals surface area contributed by atoms with E-state index in [0.717, 1.165) is 36.4 Å². The second-order valence-corrected chi connectivity index (χ2v) is 5.77. The van der Waals surface area contributed by atoms with Crippen LogP contribution in [0.5, 0.6) is 0 Å². The molecule has 1 aliphatic heterocycles. The van der Waals surface area contributed by atoms with Crippen LogP contribution in [0.1, 0.15) is 23.7 Å². The lowest BCUT2D eigenvalue weighted by molar-refractivity contribution is -0.115. The molecule has 1 atom stereocenters. The van der Waals surface area contributed by atoms with Gasteiger partial charge in [-0.15, -0.1) is 0 Å². The first-order valence-corrected chi connectivity index (χ1v) is 7.95. The van der Waals surface area contributed by atoms with Gasteiger partial charge in [0.15, 0.2) is 0 Å². The Bertz CT molecular complexity index is 513. The lowest BCUT2D eigenvalue weighted by Gasteiger charge is -2.23. The average molecular weight is 322 g/mol. The van der Waals surface area contributed by atoms with Gasteiger partial charge in [0.25, 0.3) is 0 Å². The molecule has 0 spiro atoms. The SMILES string of the molecule is COCCN(CCOC)CCC(O)c1ccc2c(c1)CC(=O)N2. The molecule has 128 valence electrons. The number of ether oxygens (including phenoxy) is 2. The summed E-state index contributed by atoms with van der Waals surface area (Å²) in [7, 11) is 3.37. The van der Waals surface area contributed by atoms with Crippen molar-refractivity contribution in [3.63, 3.8) is 0 Å². The minimum absolute atomic E-state index is 0.0111. The van der Waals surface area contributed by atoms with E-state index in [1.807, 2.05) is 18.2 Å². The molecule has 1 unspecified atom stereocenters. The standard InChI is InChI=1S/C17H26N2O4/c1-22-9-7-19(8-10-23-2)6-5-16(20)13-3-4-15-14(11-13)12-17(21)18-15/h3-4,11,16,20H,5-10,12H2,1-2H3,(H,18,21). The van der Waals surface area contributed by atoms with Gasteiger partial charge in [-0.25, -0.2) is 0 Å². The average Bonchev–Trinajstić information content (AvgIpc) is 2.92. The number of nitrogens with zero attached hydrogens (tertiary/aromatic N) is 1. The van der Waals surface area contributed by atoms with Gasteiger partial charge in [0.05, 0.1) is 25.7 Å². The number of carbonyl (C=O) groups excluding carboxylic acids is 1. The maximum Gasteiger partial charge on any atom is 0.228 e. The topological polar surface area (TPSA) is 71.0 Å². The van der Waals surface area contributed by atoms with Crippen molar-refractivity contribution in [1.82, 2.24) is 4.90 Å². The van der Waals surface area contributed by atoms with E-state index >= 15 is 0 Å². The number of methoxy groups -OCH3 is 2. The molecular formula is C17H26N2O4. The molecule has 0 aromatic heterocycles. The molecule has 1 aromatic rings. The zero-order valence-electron chi connectivity index (χ0n) is 13.9. The van der Waals surface area contributed by atoms with Gasteiger partial charge >= 0.3 is 0 Å². The molecule has 1 amide bonds. The Morgan fingerprint density at radius 3 is 2.57 bits per heavy atom. The fourth-order valence-corrected chi connectivity index (χ4v) is 2.70. The highest BCUT2D eigenvalue weighted by Gasteiger charge is 2.19. The van der Waals surface area contributed by atoms with Crippen molar-refractivity contribution in [1.29, 1.82) is 0 Å². The number of aliphatic hydroxyl groups excluding tert-OH is 1. The van der Waals surface area contributed by atoms with Crippen LogP contribution in [-0.4, -0.2) is 63.0 Å². The van der Waals surface area contributed by atoms with Crippen LogP contribution in [0.4, 0.5) is 5.69 Å². The number of amides is 1. The summed E-state index contributed by atoms with van der Waals surface area (Å²) in [6.45, 7) is 3.71. The van der Waals surface area contributed by atoms with E-state index in [1.54, 1.807) is 14.2 Å². The summed E-state index contributed by atoms with van der Waals surface area (Å²) in [6, 6.07) is 5.67. The number of hydrogen-bond acceptors (Lipinski definition) is 5. The zero-order chi connectivity index (χ0) is 16.7. The van der Waals surface area contributed by atoms with E-state index < -0.39 is 6.10 Å². The Hall–Kier alpha value is -1.47. The van der Waals surface area contributed by atoms with Crippen molar-refractivity contribution in [2.75, 3.05) is 52.4 Å². The lowest BCUT2D eigenvalue weighted by Crippen LogP contribution is -2.32. The van der Waals surface area contributed by atoms with Crippen LogP contribution in [0, 0.1) is 0 Å². The number of hydrogen-bond donors (Lipinski definition) is 2. The number of benzene rings is 1. The van der Waals surface area contributed by atoms with Crippen LogP contribution < -0.4 is 5.32 Å². The molecule has 1 heterocycles. The number of rotatable bonds is 10. The van der Waals surface area contributed by atoms with Crippen LogP contribution >= 0.6 is 0 Å². The second-order valence-electron chi connectivity index (χ2n) is 5.77. The lowest BCUT2D eigenvalue weighted by atomic mass is 10.0. The molecule has 6 heteroatoms. The van der Waals surface area contributed by atoms with Gasteiger partial charge in [0.2, 0.25) is 5.91 Å². The normalized spacial score (nSPS) is 14.9. The van der Waals surface area contributed by atoms with Gasteiger partial charge in [-0.2, -0.15) is 0 Å². The van der Waals surface area contributed by atoms with Crippen LogP contribution in [0.2, 0.25) is 0 Å². The van der Waals surface area contributed by atoms with Crippen LogP contribution in [0.25, 0.3) is 0 Å². The van der Waals surface area contributed by atoms with Gasteiger partial charge in [0.1, 0.15) is 0 Å². The molecule has 2 rings (SSSR count). The molecule has 0 aliphatic carbocycles. The van der Waals surface area contributed by atoms with E-state index in [-0.39, 0.29) is 5.91 Å². The van der Waals surface area contributed by atoms with Crippen LogP contribution in [0.3, 0.4) is 0 Å². The van der Waals surface area contributed by atoms with Gasteiger partial charge < -0.3 is 19.9 Å². The first-order chi connectivity index (χ1) is 11.1. The third-order valence-electron chi connectivity index (χ3n) is 4.08. The summed E-state index contributed by atoms with van der Waals surface area (Å²) < 4.78 is 10.2. The highest BCUT2D eigenvalue weighted by molar-refractivity contribution is 5.99. The molecule has 23 heavy (non-hydrogen) atoms. The highest BCUT2D eigenvalue weighted by atomic mass is 16.5. The molecule has 6 nitrogen and oxygen atoms in total. The maximum atomic E-state index is 11.4. The largest absolute Gasteiger partial charge is 0.388 e. The van der Waals surface area contributed by atoms with Gasteiger partial charge in [-0.1, -0.05) is 12.1 Å².